The number of carbonyl (C=O) groups is 2. The van der Waals surface area contributed by atoms with Crippen LogP contribution in [-0.2, 0) is 9.53 Å². The molecule has 1 rings (SSSR count). The average molecular weight is 364 g/mol. The predicted molar refractivity (Wildman–Crippen MR) is 80.4 cm³/mol. The topological polar surface area (TPSA) is 55.4 Å². The summed E-state index contributed by atoms with van der Waals surface area (Å²) < 4.78 is 18.8. The summed E-state index contributed by atoms with van der Waals surface area (Å²) in [5.74, 6) is -1.13. The highest BCUT2D eigenvalue weighted by atomic mass is 79.9. The lowest BCUT2D eigenvalue weighted by Crippen LogP contribution is -2.42. The minimum Gasteiger partial charge on any atom is -0.467 e. The van der Waals surface area contributed by atoms with Crippen molar-refractivity contribution in [2.24, 2.45) is 0 Å². The number of carbonyl (C=O) groups excluding carboxylic acids is 2. The maximum Gasteiger partial charge on any atom is 0.328 e. The Morgan fingerprint density at radius 3 is 2.75 bits per heavy atom. The van der Waals surface area contributed by atoms with Gasteiger partial charge in [-0.2, -0.15) is 11.8 Å². The normalized spacial score (nSPS) is 11.8. The molecule has 0 spiro atoms. The fraction of sp³-hybridized carbons (Fsp3) is 0.385. The zero-order valence-corrected chi connectivity index (χ0v) is 13.5. The summed E-state index contributed by atoms with van der Waals surface area (Å²) in [6.07, 6.45) is 2.32. The standard InChI is InChI=1S/C13H15BrFNO3S/c1-19-13(18)11(5-6-20-2)16-12(17)9-4-3-8(14)7-10(9)15/h3-4,7,11H,5-6H2,1-2H3,(H,16,17)/t11-/m0/s1. The number of hydrogen-bond acceptors (Lipinski definition) is 4. The summed E-state index contributed by atoms with van der Waals surface area (Å²) >= 11 is 4.66. The number of amides is 1. The van der Waals surface area contributed by atoms with E-state index in [2.05, 4.69) is 26.0 Å². The Morgan fingerprint density at radius 2 is 2.20 bits per heavy atom. The summed E-state index contributed by atoms with van der Waals surface area (Å²) in [7, 11) is 1.25. The van der Waals surface area contributed by atoms with Gasteiger partial charge in [0.05, 0.1) is 12.7 Å². The Balaban J connectivity index is 2.81. The second kappa shape index (κ2) is 8.26. The summed E-state index contributed by atoms with van der Waals surface area (Å²) in [5.41, 5.74) is -0.105. The molecular weight excluding hydrogens is 349 g/mol. The van der Waals surface area contributed by atoms with Crippen LogP contribution in [0.25, 0.3) is 0 Å². The van der Waals surface area contributed by atoms with Crippen molar-refractivity contribution in [3.05, 3.63) is 34.1 Å². The molecule has 0 unspecified atom stereocenters. The van der Waals surface area contributed by atoms with E-state index in [0.717, 1.165) is 0 Å². The number of esters is 1. The van der Waals surface area contributed by atoms with Crippen molar-refractivity contribution < 1.29 is 18.7 Å². The van der Waals surface area contributed by atoms with Crippen LogP contribution in [0, 0.1) is 5.82 Å². The maximum absolute atomic E-state index is 13.7. The summed E-state index contributed by atoms with van der Waals surface area (Å²) in [6, 6.07) is 3.34. The van der Waals surface area contributed by atoms with Crippen LogP contribution in [0.15, 0.2) is 22.7 Å². The Morgan fingerprint density at radius 1 is 1.50 bits per heavy atom. The third kappa shape index (κ3) is 4.79. The molecular formula is C13H15BrFNO3S. The fourth-order valence-electron chi connectivity index (χ4n) is 1.54. The highest BCUT2D eigenvalue weighted by Crippen LogP contribution is 2.15. The molecule has 0 aliphatic rings. The largest absolute Gasteiger partial charge is 0.467 e. The molecule has 4 nitrogen and oxygen atoms in total. The minimum atomic E-state index is -0.775. The van der Waals surface area contributed by atoms with E-state index in [0.29, 0.717) is 16.6 Å². The Bertz CT molecular complexity index is 499. The van der Waals surface area contributed by atoms with Gasteiger partial charge in [0.1, 0.15) is 11.9 Å². The number of nitrogens with one attached hydrogen (secondary N) is 1. The number of methoxy groups -OCH3 is 1. The molecule has 1 aromatic carbocycles. The smallest absolute Gasteiger partial charge is 0.328 e. The maximum atomic E-state index is 13.7. The van der Waals surface area contributed by atoms with Crippen LogP contribution in [0.2, 0.25) is 0 Å². The van der Waals surface area contributed by atoms with Gasteiger partial charge < -0.3 is 10.1 Å². The Labute approximate surface area is 129 Å². The number of benzene rings is 1. The molecule has 0 bridgehead atoms. The zero-order chi connectivity index (χ0) is 15.1. The molecule has 0 heterocycles. The number of ether oxygens (including phenoxy) is 1. The molecule has 1 amide bonds. The molecule has 7 heteroatoms. The first-order valence-corrected chi connectivity index (χ1v) is 8.01. The van der Waals surface area contributed by atoms with E-state index in [1.807, 2.05) is 6.26 Å². The lowest BCUT2D eigenvalue weighted by atomic mass is 10.1. The third-order valence-corrected chi connectivity index (χ3v) is 3.71. The van der Waals surface area contributed by atoms with Gasteiger partial charge in [-0.25, -0.2) is 9.18 Å². The van der Waals surface area contributed by atoms with Gasteiger partial charge in [-0.1, -0.05) is 15.9 Å². The molecule has 0 saturated carbocycles. The first kappa shape index (κ1) is 17.0. The third-order valence-electron chi connectivity index (χ3n) is 2.58. The SMILES string of the molecule is COC(=O)[C@H](CCSC)NC(=O)c1ccc(Br)cc1F. The Hall–Kier alpha value is -1.08. The van der Waals surface area contributed by atoms with E-state index in [1.165, 1.54) is 19.2 Å². The molecule has 110 valence electrons. The van der Waals surface area contributed by atoms with Gasteiger partial charge in [0.25, 0.3) is 5.91 Å². The average Bonchev–Trinajstić information content (AvgIpc) is 2.42. The van der Waals surface area contributed by atoms with E-state index in [-0.39, 0.29) is 5.56 Å². The van der Waals surface area contributed by atoms with Crippen molar-refractivity contribution in [1.82, 2.24) is 5.32 Å². The van der Waals surface area contributed by atoms with E-state index >= 15 is 0 Å². The van der Waals surface area contributed by atoms with Gasteiger partial charge in [0, 0.05) is 4.47 Å². The molecule has 0 aromatic heterocycles. The van der Waals surface area contributed by atoms with Crippen LogP contribution in [-0.4, -0.2) is 37.0 Å². The summed E-state index contributed by atoms with van der Waals surface area (Å²) in [4.78, 5) is 23.6. The number of rotatable bonds is 6. The number of hydrogen-bond donors (Lipinski definition) is 1. The fourth-order valence-corrected chi connectivity index (χ4v) is 2.34. The molecule has 0 aliphatic heterocycles. The van der Waals surface area contributed by atoms with E-state index in [4.69, 9.17) is 0 Å². The van der Waals surface area contributed by atoms with E-state index < -0.39 is 23.7 Å². The summed E-state index contributed by atoms with van der Waals surface area (Å²) in [6.45, 7) is 0. The number of halogens is 2. The lowest BCUT2D eigenvalue weighted by Gasteiger charge is -2.16. The highest BCUT2D eigenvalue weighted by molar-refractivity contribution is 9.10. The minimum absolute atomic E-state index is 0.105. The van der Waals surface area contributed by atoms with E-state index in [9.17, 15) is 14.0 Å². The van der Waals surface area contributed by atoms with E-state index in [1.54, 1.807) is 17.8 Å². The van der Waals surface area contributed by atoms with Crippen molar-refractivity contribution in [3.8, 4) is 0 Å². The highest BCUT2D eigenvalue weighted by Gasteiger charge is 2.23. The molecule has 0 radical (unpaired) electrons. The van der Waals surface area contributed by atoms with Crippen molar-refractivity contribution >= 4 is 39.6 Å². The zero-order valence-electron chi connectivity index (χ0n) is 11.1. The molecule has 0 fully saturated rings. The van der Waals surface area contributed by atoms with Gasteiger partial charge in [-0.15, -0.1) is 0 Å². The van der Waals surface area contributed by atoms with Crippen LogP contribution in [0.1, 0.15) is 16.8 Å². The van der Waals surface area contributed by atoms with Crippen LogP contribution in [0.4, 0.5) is 4.39 Å². The van der Waals surface area contributed by atoms with Gasteiger partial charge in [-0.05, 0) is 36.6 Å². The molecule has 1 aromatic rings. The van der Waals surface area contributed by atoms with Crippen molar-refractivity contribution in [3.63, 3.8) is 0 Å². The quantitative estimate of drug-likeness (QED) is 0.789. The van der Waals surface area contributed by atoms with Crippen LogP contribution >= 0.6 is 27.7 Å². The van der Waals surface area contributed by atoms with Gasteiger partial charge in [-0.3, -0.25) is 4.79 Å². The molecule has 1 N–H and O–H groups in total. The van der Waals surface area contributed by atoms with Crippen LogP contribution in [0.3, 0.4) is 0 Å². The second-order valence-electron chi connectivity index (χ2n) is 3.95. The summed E-state index contributed by atoms with van der Waals surface area (Å²) in [5, 5.41) is 2.50. The van der Waals surface area contributed by atoms with Crippen molar-refractivity contribution in [2.45, 2.75) is 12.5 Å². The second-order valence-corrected chi connectivity index (χ2v) is 5.86. The first-order chi connectivity index (χ1) is 9.49. The monoisotopic (exact) mass is 363 g/mol. The van der Waals surface area contributed by atoms with Crippen LogP contribution in [0.5, 0.6) is 0 Å². The molecule has 0 saturated heterocycles. The Kier molecular flexibility index (Phi) is 7.01. The van der Waals surface area contributed by atoms with Crippen molar-refractivity contribution in [1.29, 1.82) is 0 Å². The predicted octanol–water partition coefficient (Wildman–Crippen LogP) is 2.61. The molecule has 20 heavy (non-hydrogen) atoms. The lowest BCUT2D eigenvalue weighted by molar-refractivity contribution is -0.142. The molecule has 1 atom stereocenters. The molecule has 0 aliphatic carbocycles. The van der Waals surface area contributed by atoms with Crippen LogP contribution < -0.4 is 5.32 Å². The van der Waals surface area contributed by atoms with Gasteiger partial charge in [0.15, 0.2) is 0 Å². The van der Waals surface area contributed by atoms with Gasteiger partial charge >= 0.3 is 5.97 Å². The first-order valence-electron chi connectivity index (χ1n) is 5.82. The van der Waals surface area contributed by atoms with Gasteiger partial charge in [0.2, 0.25) is 0 Å². The number of thioether (sulfide) groups is 1. The van der Waals surface area contributed by atoms with Crippen molar-refractivity contribution in [2.75, 3.05) is 19.1 Å².